The van der Waals surface area contributed by atoms with E-state index in [9.17, 15) is 0 Å². The molecule has 0 saturated carbocycles. The monoisotopic (exact) mass is 202 g/mol. The number of nitrogens with one attached hydrogen (secondary N) is 1. The van der Waals surface area contributed by atoms with Crippen LogP contribution < -0.4 is 11.1 Å². The highest BCUT2D eigenvalue weighted by Gasteiger charge is 2.03. The van der Waals surface area contributed by atoms with Crippen molar-refractivity contribution in [3.8, 4) is 5.69 Å². The Morgan fingerprint density at radius 3 is 2.40 bits per heavy atom. The number of hydrogen-bond acceptors (Lipinski definition) is 3. The second-order valence-electron chi connectivity index (χ2n) is 3.42. The molecule has 0 atom stereocenters. The third kappa shape index (κ3) is 1.79. The minimum Gasteiger partial charge on any atom is -0.388 e. The van der Waals surface area contributed by atoms with Gasteiger partial charge in [-0.15, -0.1) is 0 Å². The van der Waals surface area contributed by atoms with Crippen molar-refractivity contribution >= 4 is 11.5 Å². The molecule has 0 spiro atoms. The summed E-state index contributed by atoms with van der Waals surface area (Å²) in [6, 6.07) is 9.80. The fraction of sp³-hybridized carbons (Fsp3) is 0.182. The lowest BCUT2D eigenvalue weighted by atomic mass is 10.3. The number of aryl methyl sites for hydroxylation is 1. The van der Waals surface area contributed by atoms with Crippen molar-refractivity contribution in [2.45, 2.75) is 6.92 Å². The van der Waals surface area contributed by atoms with Gasteiger partial charge < -0.3 is 11.1 Å². The maximum absolute atomic E-state index is 5.83. The lowest BCUT2D eigenvalue weighted by Gasteiger charge is -2.05. The zero-order chi connectivity index (χ0) is 10.8. The summed E-state index contributed by atoms with van der Waals surface area (Å²) < 4.78 is 1.73. The average molecular weight is 202 g/mol. The summed E-state index contributed by atoms with van der Waals surface area (Å²) in [5.74, 6) is 0.657. The summed E-state index contributed by atoms with van der Waals surface area (Å²) in [6.45, 7) is 1.93. The standard InChI is InChI=1S/C11H14N4/c1-8-7-11(12)15(14-8)10-5-3-9(13-2)4-6-10/h3-7,13H,12H2,1-2H3. The minimum atomic E-state index is 0.657. The highest BCUT2D eigenvalue weighted by molar-refractivity contribution is 5.50. The lowest BCUT2D eigenvalue weighted by molar-refractivity contribution is 0.872. The zero-order valence-corrected chi connectivity index (χ0v) is 8.86. The van der Waals surface area contributed by atoms with Gasteiger partial charge in [-0.25, -0.2) is 4.68 Å². The van der Waals surface area contributed by atoms with Crippen molar-refractivity contribution in [2.24, 2.45) is 0 Å². The average Bonchev–Trinajstić information content (AvgIpc) is 2.58. The van der Waals surface area contributed by atoms with Gasteiger partial charge in [0.05, 0.1) is 11.4 Å². The van der Waals surface area contributed by atoms with Crippen LogP contribution in [0.3, 0.4) is 0 Å². The van der Waals surface area contributed by atoms with Gasteiger partial charge >= 0.3 is 0 Å². The molecule has 2 rings (SSSR count). The Morgan fingerprint density at radius 1 is 1.27 bits per heavy atom. The smallest absolute Gasteiger partial charge is 0.127 e. The predicted octanol–water partition coefficient (Wildman–Crippen LogP) is 1.80. The van der Waals surface area contributed by atoms with Crippen molar-refractivity contribution in [2.75, 3.05) is 18.1 Å². The van der Waals surface area contributed by atoms with E-state index in [-0.39, 0.29) is 0 Å². The summed E-state index contributed by atoms with van der Waals surface area (Å²) in [5.41, 5.74) is 8.79. The number of nitrogen functional groups attached to an aromatic ring is 1. The topological polar surface area (TPSA) is 55.9 Å². The fourth-order valence-electron chi connectivity index (χ4n) is 1.50. The van der Waals surface area contributed by atoms with E-state index >= 15 is 0 Å². The van der Waals surface area contributed by atoms with Crippen LogP contribution in [0, 0.1) is 6.92 Å². The first-order valence-electron chi connectivity index (χ1n) is 4.81. The van der Waals surface area contributed by atoms with Crippen molar-refractivity contribution in [3.63, 3.8) is 0 Å². The highest BCUT2D eigenvalue weighted by atomic mass is 15.3. The number of nitrogens with two attached hydrogens (primary N) is 1. The first kappa shape index (κ1) is 9.58. The Bertz CT molecular complexity index is 456. The van der Waals surface area contributed by atoms with Crippen LogP contribution in [-0.2, 0) is 0 Å². The lowest BCUT2D eigenvalue weighted by Crippen LogP contribution is -2.01. The Labute approximate surface area is 88.7 Å². The Balaban J connectivity index is 2.41. The molecule has 1 aromatic carbocycles. The predicted molar refractivity (Wildman–Crippen MR) is 62.3 cm³/mol. The Kier molecular flexibility index (Phi) is 2.33. The van der Waals surface area contributed by atoms with E-state index in [4.69, 9.17) is 5.73 Å². The quantitative estimate of drug-likeness (QED) is 0.780. The largest absolute Gasteiger partial charge is 0.388 e. The molecular formula is C11H14N4. The highest BCUT2D eigenvalue weighted by Crippen LogP contribution is 2.16. The first-order valence-corrected chi connectivity index (χ1v) is 4.81. The van der Waals surface area contributed by atoms with Crippen LogP contribution in [0.4, 0.5) is 11.5 Å². The number of aromatic nitrogens is 2. The summed E-state index contributed by atoms with van der Waals surface area (Å²) >= 11 is 0. The molecule has 0 amide bonds. The second-order valence-corrected chi connectivity index (χ2v) is 3.42. The van der Waals surface area contributed by atoms with Crippen LogP contribution in [-0.4, -0.2) is 16.8 Å². The third-order valence-corrected chi connectivity index (χ3v) is 2.26. The normalized spacial score (nSPS) is 10.3. The molecule has 4 heteroatoms. The first-order chi connectivity index (χ1) is 7.20. The SMILES string of the molecule is CNc1ccc(-n2nc(C)cc2N)cc1. The Hall–Kier alpha value is -1.97. The van der Waals surface area contributed by atoms with Gasteiger partial charge in [-0.2, -0.15) is 5.10 Å². The van der Waals surface area contributed by atoms with E-state index in [1.54, 1.807) is 4.68 Å². The summed E-state index contributed by atoms with van der Waals surface area (Å²) in [5, 5.41) is 7.37. The number of hydrogen-bond donors (Lipinski definition) is 2. The fourth-order valence-corrected chi connectivity index (χ4v) is 1.50. The van der Waals surface area contributed by atoms with Gasteiger partial charge in [0, 0.05) is 18.8 Å². The number of nitrogens with zero attached hydrogens (tertiary/aromatic N) is 2. The van der Waals surface area contributed by atoms with E-state index in [1.807, 2.05) is 44.3 Å². The summed E-state index contributed by atoms with van der Waals surface area (Å²) in [6.07, 6.45) is 0. The van der Waals surface area contributed by atoms with Crippen molar-refractivity contribution in [1.82, 2.24) is 9.78 Å². The number of anilines is 2. The van der Waals surface area contributed by atoms with Crippen molar-refractivity contribution in [1.29, 1.82) is 0 Å². The van der Waals surface area contributed by atoms with Gasteiger partial charge in [0.15, 0.2) is 0 Å². The van der Waals surface area contributed by atoms with Crippen molar-refractivity contribution < 1.29 is 0 Å². The maximum Gasteiger partial charge on any atom is 0.127 e. The van der Waals surface area contributed by atoms with Gasteiger partial charge in [0.1, 0.15) is 5.82 Å². The molecule has 2 aromatic rings. The molecule has 1 aromatic heterocycles. The van der Waals surface area contributed by atoms with Crippen LogP contribution in [0.25, 0.3) is 5.69 Å². The van der Waals surface area contributed by atoms with Crippen LogP contribution in [0.1, 0.15) is 5.69 Å². The number of rotatable bonds is 2. The van der Waals surface area contributed by atoms with E-state index < -0.39 is 0 Å². The molecule has 0 aliphatic heterocycles. The van der Waals surface area contributed by atoms with Gasteiger partial charge in [0.25, 0.3) is 0 Å². The summed E-state index contributed by atoms with van der Waals surface area (Å²) in [7, 11) is 1.89. The molecular weight excluding hydrogens is 188 g/mol. The molecule has 0 fully saturated rings. The maximum atomic E-state index is 5.83. The van der Waals surface area contributed by atoms with Gasteiger partial charge in [-0.1, -0.05) is 0 Å². The third-order valence-electron chi connectivity index (χ3n) is 2.26. The van der Waals surface area contributed by atoms with Gasteiger partial charge in [-0.3, -0.25) is 0 Å². The molecule has 1 heterocycles. The molecule has 4 nitrogen and oxygen atoms in total. The summed E-state index contributed by atoms with van der Waals surface area (Å²) in [4.78, 5) is 0. The molecule has 0 unspecified atom stereocenters. The van der Waals surface area contributed by atoms with Crippen LogP contribution >= 0.6 is 0 Å². The molecule has 3 N–H and O–H groups in total. The zero-order valence-electron chi connectivity index (χ0n) is 8.86. The molecule has 0 saturated heterocycles. The molecule has 15 heavy (non-hydrogen) atoms. The Morgan fingerprint density at radius 2 is 1.93 bits per heavy atom. The van der Waals surface area contributed by atoms with E-state index in [0.717, 1.165) is 17.1 Å². The van der Waals surface area contributed by atoms with Gasteiger partial charge in [-0.05, 0) is 31.2 Å². The van der Waals surface area contributed by atoms with Gasteiger partial charge in [0.2, 0.25) is 0 Å². The molecule has 0 bridgehead atoms. The molecule has 78 valence electrons. The second kappa shape index (κ2) is 3.65. The van der Waals surface area contributed by atoms with Crippen LogP contribution in [0.2, 0.25) is 0 Å². The van der Waals surface area contributed by atoms with Crippen LogP contribution in [0.15, 0.2) is 30.3 Å². The molecule has 0 aliphatic rings. The number of benzene rings is 1. The minimum absolute atomic E-state index is 0.657. The van der Waals surface area contributed by atoms with Crippen LogP contribution in [0.5, 0.6) is 0 Å². The van der Waals surface area contributed by atoms with E-state index in [0.29, 0.717) is 5.82 Å². The van der Waals surface area contributed by atoms with E-state index in [2.05, 4.69) is 10.4 Å². The molecule has 0 radical (unpaired) electrons. The molecule has 0 aliphatic carbocycles. The van der Waals surface area contributed by atoms with E-state index in [1.165, 1.54) is 0 Å². The van der Waals surface area contributed by atoms with Crippen molar-refractivity contribution in [3.05, 3.63) is 36.0 Å².